The minimum atomic E-state index is -0.498. The zero-order valence-electron chi connectivity index (χ0n) is 9.83. The number of rotatable bonds is 4. The first-order chi connectivity index (χ1) is 6.54. The van der Waals surface area contributed by atoms with Crippen molar-refractivity contribution in [2.24, 2.45) is 5.73 Å². The van der Waals surface area contributed by atoms with E-state index < -0.39 is 11.9 Å². The van der Waals surface area contributed by atoms with Crippen LogP contribution in [0.25, 0.3) is 0 Å². The number of primary amides is 1. The maximum absolute atomic E-state index is 11.2. The average molecular weight is 202 g/mol. The number of carbonyl (C=O) groups excluding carboxylic acids is 2. The van der Waals surface area contributed by atoms with Crippen LogP contribution in [0.15, 0.2) is 0 Å². The van der Waals surface area contributed by atoms with Crippen LogP contribution in [0, 0.1) is 0 Å². The van der Waals surface area contributed by atoms with E-state index in [9.17, 15) is 9.59 Å². The number of carbonyl (C=O) groups is 2. The van der Waals surface area contributed by atoms with Gasteiger partial charge in [-0.25, -0.2) is 0 Å². The molecule has 0 aliphatic heterocycles. The van der Waals surface area contributed by atoms with E-state index in [1.807, 2.05) is 20.8 Å². The second-order valence-electron chi connectivity index (χ2n) is 2.61. The molecule has 0 spiro atoms. The van der Waals surface area contributed by atoms with Crippen molar-refractivity contribution in [3.8, 4) is 0 Å². The third-order valence-corrected chi connectivity index (χ3v) is 1.84. The second kappa shape index (κ2) is 8.53. The quantitative estimate of drug-likeness (QED) is 0.743. The van der Waals surface area contributed by atoms with Crippen LogP contribution in [0.1, 0.15) is 41.0 Å². The Kier molecular flexibility index (Phi) is 9.40. The van der Waals surface area contributed by atoms with E-state index in [2.05, 4.69) is 0 Å². The van der Waals surface area contributed by atoms with Gasteiger partial charge in [0.25, 0.3) is 0 Å². The molecule has 1 unspecified atom stereocenters. The number of likely N-dealkylation sites (N-methyl/N-ethyl adjacent to an activating group) is 1. The largest absolute Gasteiger partial charge is 0.368 e. The first-order valence-electron chi connectivity index (χ1n) is 5.13. The topological polar surface area (TPSA) is 63.4 Å². The minimum Gasteiger partial charge on any atom is -0.368 e. The number of hydrogen-bond donors (Lipinski definition) is 1. The molecular weight excluding hydrogens is 180 g/mol. The van der Waals surface area contributed by atoms with E-state index in [0.29, 0.717) is 13.0 Å². The maximum Gasteiger partial charge on any atom is 0.239 e. The Balaban J connectivity index is 0. The number of nitrogens with two attached hydrogens (primary N) is 1. The summed E-state index contributed by atoms with van der Waals surface area (Å²) in [5, 5.41) is 0. The normalized spacial score (nSPS) is 10.9. The molecule has 4 nitrogen and oxygen atoms in total. The fourth-order valence-electron chi connectivity index (χ4n) is 1.02. The Hall–Kier alpha value is -1.06. The van der Waals surface area contributed by atoms with Gasteiger partial charge >= 0.3 is 0 Å². The fraction of sp³-hybridized carbons (Fsp3) is 0.800. The van der Waals surface area contributed by atoms with Crippen LogP contribution in [0.3, 0.4) is 0 Å². The van der Waals surface area contributed by atoms with Gasteiger partial charge in [-0.1, -0.05) is 20.8 Å². The van der Waals surface area contributed by atoms with Gasteiger partial charge in [0.05, 0.1) is 0 Å². The van der Waals surface area contributed by atoms with Gasteiger partial charge in [0.15, 0.2) is 0 Å². The molecule has 0 aromatic rings. The third-order valence-electron chi connectivity index (χ3n) is 1.84. The zero-order chi connectivity index (χ0) is 11.7. The van der Waals surface area contributed by atoms with Crippen LogP contribution in [0.2, 0.25) is 0 Å². The van der Waals surface area contributed by atoms with Crippen molar-refractivity contribution in [2.75, 3.05) is 6.54 Å². The molecule has 2 amide bonds. The second-order valence-corrected chi connectivity index (χ2v) is 2.61. The van der Waals surface area contributed by atoms with Gasteiger partial charge in [-0.15, -0.1) is 0 Å². The molecule has 0 heterocycles. The SMILES string of the molecule is CC.CCC(=O)N(CC)C(C)C(N)=O. The summed E-state index contributed by atoms with van der Waals surface area (Å²) in [7, 11) is 0. The van der Waals surface area contributed by atoms with E-state index in [1.165, 1.54) is 4.90 Å². The van der Waals surface area contributed by atoms with Gasteiger partial charge in [-0.05, 0) is 13.8 Å². The van der Waals surface area contributed by atoms with Crippen LogP contribution in [0.5, 0.6) is 0 Å². The van der Waals surface area contributed by atoms with Gasteiger partial charge in [-0.3, -0.25) is 9.59 Å². The maximum atomic E-state index is 11.2. The van der Waals surface area contributed by atoms with Gasteiger partial charge in [0.2, 0.25) is 11.8 Å². The first kappa shape index (κ1) is 15.4. The van der Waals surface area contributed by atoms with E-state index in [1.54, 1.807) is 13.8 Å². The molecule has 14 heavy (non-hydrogen) atoms. The summed E-state index contributed by atoms with van der Waals surface area (Å²) in [5.74, 6) is -0.498. The first-order valence-corrected chi connectivity index (χ1v) is 5.13. The lowest BCUT2D eigenvalue weighted by molar-refractivity contribution is -0.138. The monoisotopic (exact) mass is 202 g/mol. The summed E-state index contributed by atoms with van der Waals surface area (Å²) in [4.78, 5) is 23.4. The molecule has 0 aromatic heterocycles. The van der Waals surface area contributed by atoms with Crippen molar-refractivity contribution in [1.29, 1.82) is 0 Å². The Bertz CT molecular complexity index is 181. The van der Waals surface area contributed by atoms with E-state index in [4.69, 9.17) is 5.73 Å². The molecule has 0 bridgehead atoms. The highest BCUT2D eigenvalue weighted by Gasteiger charge is 2.20. The van der Waals surface area contributed by atoms with Crippen molar-refractivity contribution in [3.05, 3.63) is 0 Å². The predicted molar refractivity (Wildman–Crippen MR) is 57.7 cm³/mol. The van der Waals surface area contributed by atoms with Gasteiger partial charge in [0, 0.05) is 13.0 Å². The molecule has 0 radical (unpaired) electrons. The van der Waals surface area contributed by atoms with Crippen molar-refractivity contribution in [1.82, 2.24) is 4.90 Å². The smallest absolute Gasteiger partial charge is 0.239 e. The van der Waals surface area contributed by atoms with Crippen LogP contribution >= 0.6 is 0 Å². The van der Waals surface area contributed by atoms with Crippen molar-refractivity contribution >= 4 is 11.8 Å². The Morgan fingerprint density at radius 2 is 1.71 bits per heavy atom. The summed E-state index contributed by atoms with van der Waals surface area (Å²) in [6, 6.07) is -0.498. The number of hydrogen-bond acceptors (Lipinski definition) is 2. The van der Waals surface area contributed by atoms with Crippen LogP contribution in [-0.4, -0.2) is 29.3 Å². The summed E-state index contributed by atoms with van der Waals surface area (Å²) >= 11 is 0. The van der Waals surface area contributed by atoms with Crippen LogP contribution < -0.4 is 5.73 Å². The van der Waals surface area contributed by atoms with Gasteiger partial charge in [-0.2, -0.15) is 0 Å². The van der Waals surface area contributed by atoms with Crippen molar-refractivity contribution in [3.63, 3.8) is 0 Å². The molecule has 0 fully saturated rings. The van der Waals surface area contributed by atoms with Crippen LogP contribution in [0.4, 0.5) is 0 Å². The van der Waals surface area contributed by atoms with Crippen molar-refractivity contribution < 1.29 is 9.59 Å². The molecule has 0 aromatic carbocycles. The lowest BCUT2D eigenvalue weighted by Crippen LogP contribution is -2.45. The molecule has 0 saturated heterocycles. The Morgan fingerprint density at radius 3 is 1.93 bits per heavy atom. The fourth-order valence-corrected chi connectivity index (χ4v) is 1.02. The summed E-state index contributed by atoms with van der Waals surface area (Å²) in [6.07, 6.45) is 0.408. The lowest BCUT2D eigenvalue weighted by Gasteiger charge is -2.25. The Labute approximate surface area is 86.5 Å². The predicted octanol–water partition coefficient (Wildman–Crippen LogP) is 1.14. The number of nitrogens with zero attached hydrogens (tertiary/aromatic N) is 1. The summed E-state index contributed by atoms with van der Waals surface area (Å²) < 4.78 is 0. The van der Waals surface area contributed by atoms with E-state index in [-0.39, 0.29) is 5.91 Å². The average Bonchev–Trinajstić information content (AvgIpc) is 2.21. The highest BCUT2D eigenvalue weighted by Crippen LogP contribution is 2.00. The Morgan fingerprint density at radius 1 is 1.29 bits per heavy atom. The third kappa shape index (κ3) is 4.84. The van der Waals surface area contributed by atoms with Gasteiger partial charge in [0.1, 0.15) is 6.04 Å². The van der Waals surface area contributed by atoms with Crippen LogP contribution in [-0.2, 0) is 9.59 Å². The minimum absolute atomic E-state index is 0.0381. The molecular formula is C10H22N2O2. The van der Waals surface area contributed by atoms with Gasteiger partial charge < -0.3 is 10.6 Å². The molecule has 0 aliphatic rings. The standard InChI is InChI=1S/C8H16N2O2.C2H6/c1-4-7(11)10(5-2)6(3)8(9)12;1-2/h6H,4-5H2,1-3H3,(H2,9,12);1-2H3. The molecule has 0 aliphatic carbocycles. The molecule has 2 N–H and O–H groups in total. The molecule has 0 rings (SSSR count). The molecule has 1 atom stereocenters. The lowest BCUT2D eigenvalue weighted by atomic mass is 10.2. The number of amides is 2. The summed E-state index contributed by atoms with van der Waals surface area (Å²) in [5.41, 5.74) is 5.07. The molecule has 84 valence electrons. The van der Waals surface area contributed by atoms with E-state index >= 15 is 0 Å². The summed E-state index contributed by atoms with van der Waals surface area (Å²) in [6.45, 7) is 9.75. The molecule has 4 heteroatoms. The highest BCUT2D eigenvalue weighted by molar-refractivity contribution is 5.86. The van der Waals surface area contributed by atoms with E-state index in [0.717, 1.165) is 0 Å². The molecule has 0 saturated carbocycles. The van der Waals surface area contributed by atoms with Crippen molar-refractivity contribution in [2.45, 2.75) is 47.1 Å². The zero-order valence-corrected chi connectivity index (χ0v) is 9.83. The highest BCUT2D eigenvalue weighted by atomic mass is 16.2.